The number of carbonyl (C=O) groups is 2. The summed E-state index contributed by atoms with van der Waals surface area (Å²) in [5.41, 5.74) is 0.737. The first-order valence-electron chi connectivity index (χ1n) is 10.8. The Hall–Kier alpha value is -3.41. The number of ether oxygens (including phenoxy) is 1. The van der Waals surface area contributed by atoms with Gasteiger partial charge >= 0.3 is 0 Å². The third kappa shape index (κ3) is 5.84. The maximum absolute atomic E-state index is 13.4. The van der Waals surface area contributed by atoms with Gasteiger partial charge in [-0.25, -0.2) is 4.39 Å². The van der Waals surface area contributed by atoms with Crippen molar-refractivity contribution in [2.45, 2.75) is 45.8 Å². The van der Waals surface area contributed by atoms with Crippen LogP contribution in [0.1, 0.15) is 32.8 Å². The van der Waals surface area contributed by atoms with Crippen molar-refractivity contribution < 1.29 is 18.7 Å². The van der Waals surface area contributed by atoms with Crippen LogP contribution in [0.4, 0.5) is 4.39 Å². The zero-order valence-electron chi connectivity index (χ0n) is 18.7. The predicted molar refractivity (Wildman–Crippen MR) is 124 cm³/mol. The van der Waals surface area contributed by atoms with E-state index in [1.807, 2.05) is 63.2 Å². The molecule has 3 aromatic rings. The van der Waals surface area contributed by atoms with Crippen LogP contribution in [0.3, 0.4) is 0 Å². The van der Waals surface area contributed by atoms with Crippen molar-refractivity contribution >= 4 is 22.6 Å². The first-order chi connectivity index (χ1) is 15.4. The highest BCUT2D eigenvalue weighted by Crippen LogP contribution is 2.25. The Balaban J connectivity index is 1.82. The van der Waals surface area contributed by atoms with E-state index in [1.165, 1.54) is 17.0 Å². The summed E-state index contributed by atoms with van der Waals surface area (Å²) in [5, 5.41) is 4.82. The molecule has 0 aromatic heterocycles. The minimum Gasteiger partial charge on any atom is -0.483 e. The second-order valence-corrected chi connectivity index (χ2v) is 8.00. The molecular weight excluding hydrogens is 407 g/mol. The highest BCUT2D eigenvalue weighted by Gasteiger charge is 2.29. The number of benzene rings is 3. The van der Waals surface area contributed by atoms with Gasteiger partial charge in [-0.3, -0.25) is 9.59 Å². The number of amides is 2. The Bertz CT molecular complexity index is 1060. The molecule has 5 nitrogen and oxygen atoms in total. The Morgan fingerprint density at radius 1 is 1.00 bits per heavy atom. The summed E-state index contributed by atoms with van der Waals surface area (Å²) >= 11 is 0. The zero-order valence-corrected chi connectivity index (χ0v) is 18.7. The molecule has 1 atom stereocenters. The quantitative estimate of drug-likeness (QED) is 0.529. The minimum absolute atomic E-state index is 0.0498. The van der Waals surface area contributed by atoms with E-state index in [9.17, 15) is 14.0 Å². The van der Waals surface area contributed by atoms with Crippen LogP contribution in [0.5, 0.6) is 5.75 Å². The third-order valence-corrected chi connectivity index (χ3v) is 5.18. The van der Waals surface area contributed by atoms with Crippen LogP contribution in [-0.4, -0.2) is 35.4 Å². The second-order valence-electron chi connectivity index (χ2n) is 8.00. The van der Waals surface area contributed by atoms with E-state index < -0.39 is 6.04 Å². The summed E-state index contributed by atoms with van der Waals surface area (Å²) in [6, 6.07) is 18.7. The molecule has 0 fully saturated rings. The molecule has 2 amide bonds. The van der Waals surface area contributed by atoms with E-state index in [4.69, 9.17) is 4.74 Å². The van der Waals surface area contributed by atoms with Crippen LogP contribution in [0.25, 0.3) is 10.8 Å². The van der Waals surface area contributed by atoms with E-state index in [2.05, 4.69) is 5.32 Å². The van der Waals surface area contributed by atoms with Gasteiger partial charge in [0, 0.05) is 18.0 Å². The molecule has 32 heavy (non-hydrogen) atoms. The predicted octanol–water partition coefficient (Wildman–Crippen LogP) is 4.69. The largest absolute Gasteiger partial charge is 0.483 e. The van der Waals surface area contributed by atoms with Gasteiger partial charge in [0.05, 0.1) is 0 Å². The molecule has 0 aliphatic heterocycles. The van der Waals surface area contributed by atoms with Gasteiger partial charge < -0.3 is 15.0 Å². The fourth-order valence-electron chi connectivity index (χ4n) is 3.63. The molecule has 3 aromatic carbocycles. The van der Waals surface area contributed by atoms with Gasteiger partial charge in [0.2, 0.25) is 5.91 Å². The molecule has 0 radical (unpaired) electrons. The second kappa shape index (κ2) is 10.8. The Morgan fingerprint density at radius 3 is 2.38 bits per heavy atom. The number of fused-ring (bicyclic) bond motifs is 1. The number of rotatable bonds is 9. The van der Waals surface area contributed by atoms with E-state index in [0.717, 1.165) is 16.3 Å². The number of hydrogen-bond donors (Lipinski definition) is 1. The van der Waals surface area contributed by atoms with Crippen LogP contribution in [0.2, 0.25) is 0 Å². The number of hydrogen-bond acceptors (Lipinski definition) is 3. The Kier molecular flexibility index (Phi) is 7.82. The third-order valence-electron chi connectivity index (χ3n) is 5.18. The maximum Gasteiger partial charge on any atom is 0.261 e. The van der Waals surface area contributed by atoms with Gasteiger partial charge in [0.15, 0.2) is 6.61 Å². The van der Waals surface area contributed by atoms with Gasteiger partial charge in [-0.2, -0.15) is 0 Å². The molecule has 0 saturated heterocycles. The van der Waals surface area contributed by atoms with Crippen molar-refractivity contribution in [3.05, 3.63) is 78.1 Å². The molecule has 0 heterocycles. The van der Waals surface area contributed by atoms with Crippen LogP contribution in [0, 0.1) is 5.82 Å². The number of carbonyl (C=O) groups excluding carboxylic acids is 2. The summed E-state index contributed by atoms with van der Waals surface area (Å²) in [6.07, 6.45) is 0.444. The van der Waals surface area contributed by atoms with E-state index in [-0.39, 0.29) is 36.8 Å². The summed E-state index contributed by atoms with van der Waals surface area (Å²) in [5.74, 6) is -0.274. The van der Waals surface area contributed by atoms with Gasteiger partial charge in [-0.05, 0) is 49.4 Å². The van der Waals surface area contributed by atoms with Gasteiger partial charge in [0.25, 0.3) is 5.91 Å². The highest BCUT2D eigenvalue weighted by molar-refractivity contribution is 5.90. The molecule has 0 spiro atoms. The van der Waals surface area contributed by atoms with Crippen molar-refractivity contribution in [2.24, 2.45) is 0 Å². The van der Waals surface area contributed by atoms with Crippen molar-refractivity contribution in [3.63, 3.8) is 0 Å². The summed E-state index contributed by atoms with van der Waals surface area (Å²) in [4.78, 5) is 27.6. The molecule has 1 N–H and O–H groups in total. The minimum atomic E-state index is -0.661. The fourth-order valence-corrected chi connectivity index (χ4v) is 3.63. The smallest absolute Gasteiger partial charge is 0.261 e. The van der Waals surface area contributed by atoms with Crippen molar-refractivity contribution in [3.8, 4) is 5.75 Å². The monoisotopic (exact) mass is 436 g/mol. The average molecular weight is 437 g/mol. The van der Waals surface area contributed by atoms with Crippen LogP contribution < -0.4 is 10.1 Å². The van der Waals surface area contributed by atoms with Crippen LogP contribution in [0.15, 0.2) is 66.7 Å². The molecule has 168 valence electrons. The lowest BCUT2D eigenvalue weighted by molar-refractivity contribution is -0.143. The molecule has 0 saturated carbocycles. The van der Waals surface area contributed by atoms with E-state index >= 15 is 0 Å². The highest BCUT2D eigenvalue weighted by atomic mass is 19.1. The zero-order chi connectivity index (χ0) is 23.1. The molecule has 3 rings (SSSR count). The van der Waals surface area contributed by atoms with Crippen LogP contribution >= 0.6 is 0 Å². The van der Waals surface area contributed by atoms with Crippen molar-refractivity contribution in [1.29, 1.82) is 0 Å². The first kappa shape index (κ1) is 23.3. The average Bonchev–Trinajstić information content (AvgIpc) is 2.78. The van der Waals surface area contributed by atoms with E-state index in [1.54, 1.807) is 12.1 Å². The summed E-state index contributed by atoms with van der Waals surface area (Å²) < 4.78 is 19.2. The lowest BCUT2D eigenvalue weighted by atomic mass is 10.1. The lowest BCUT2D eigenvalue weighted by Gasteiger charge is -2.31. The molecular formula is C26H29FN2O3. The standard InChI is InChI=1S/C26H29FN2O3/c1-4-23(26(31)28-18(2)3)29(16-19-12-14-21(27)15-13-19)25(30)17-32-24-11-7-9-20-8-5-6-10-22(20)24/h5-15,18,23H,4,16-17H2,1-3H3,(H,28,31). The molecule has 0 aliphatic rings. The number of nitrogens with one attached hydrogen (secondary N) is 1. The first-order valence-corrected chi connectivity index (χ1v) is 10.8. The SMILES string of the molecule is CCC(C(=O)NC(C)C)N(Cc1ccc(F)cc1)C(=O)COc1cccc2ccccc12. The van der Waals surface area contributed by atoms with E-state index in [0.29, 0.717) is 12.2 Å². The summed E-state index contributed by atoms with van der Waals surface area (Å²) in [7, 11) is 0. The van der Waals surface area contributed by atoms with Gasteiger partial charge in [0.1, 0.15) is 17.6 Å². The lowest BCUT2D eigenvalue weighted by Crippen LogP contribution is -2.51. The van der Waals surface area contributed by atoms with Crippen molar-refractivity contribution in [1.82, 2.24) is 10.2 Å². The maximum atomic E-state index is 13.4. The number of halogens is 1. The van der Waals surface area contributed by atoms with Gasteiger partial charge in [-0.15, -0.1) is 0 Å². The summed E-state index contributed by atoms with van der Waals surface area (Å²) in [6.45, 7) is 5.59. The molecule has 6 heteroatoms. The van der Waals surface area contributed by atoms with Crippen molar-refractivity contribution in [2.75, 3.05) is 6.61 Å². The van der Waals surface area contributed by atoms with Gasteiger partial charge in [-0.1, -0.05) is 55.5 Å². The normalized spacial score (nSPS) is 11.9. The topological polar surface area (TPSA) is 58.6 Å². The number of nitrogens with zero attached hydrogens (tertiary/aromatic N) is 1. The molecule has 0 aliphatic carbocycles. The fraction of sp³-hybridized carbons (Fsp3) is 0.308. The Morgan fingerprint density at radius 2 is 1.69 bits per heavy atom. The Labute approximate surface area is 188 Å². The molecule has 0 bridgehead atoms. The molecule has 1 unspecified atom stereocenters. The van der Waals surface area contributed by atoms with Crippen LogP contribution in [-0.2, 0) is 16.1 Å².